The number of carbonyl (C=O) groups is 1. The van der Waals surface area contributed by atoms with Crippen LogP contribution in [0.1, 0.15) is 31.3 Å². The Morgan fingerprint density at radius 3 is 2.71 bits per heavy atom. The number of β-amino-alcohol motifs (C(OH)–C–C–N with tert-alkyl or cyclic N) is 1. The molecule has 6 nitrogen and oxygen atoms in total. The highest BCUT2D eigenvalue weighted by atomic mass is 16.3. The van der Waals surface area contributed by atoms with Crippen molar-refractivity contribution in [1.29, 1.82) is 0 Å². The van der Waals surface area contributed by atoms with Crippen LogP contribution >= 0.6 is 0 Å². The maximum atomic E-state index is 12.4. The molecule has 1 aliphatic rings. The Hall–Kier alpha value is -1.66. The summed E-state index contributed by atoms with van der Waals surface area (Å²) in [5.41, 5.74) is -0.684. The Morgan fingerprint density at radius 1 is 1.43 bits per heavy atom. The van der Waals surface area contributed by atoms with Crippen molar-refractivity contribution >= 4 is 5.91 Å². The van der Waals surface area contributed by atoms with Gasteiger partial charge in [0.2, 0.25) is 5.56 Å². The third-order valence-electron chi connectivity index (χ3n) is 3.58. The zero-order chi connectivity index (χ0) is 15.6. The first-order valence-electron chi connectivity index (χ1n) is 7.21. The van der Waals surface area contributed by atoms with Crippen molar-refractivity contribution in [1.82, 2.24) is 14.8 Å². The number of amides is 1. The van der Waals surface area contributed by atoms with Gasteiger partial charge in [0.1, 0.15) is 5.69 Å². The minimum Gasteiger partial charge on any atom is -0.389 e. The molecular formula is C15H23N3O3. The lowest BCUT2D eigenvalue weighted by Gasteiger charge is -2.41. The van der Waals surface area contributed by atoms with E-state index in [-0.39, 0.29) is 17.5 Å². The Morgan fingerprint density at radius 2 is 2.14 bits per heavy atom. The quantitative estimate of drug-likeness (QED) is 0.840. The van der Waals surface area contributed by atoms with Gasteiger partial charge in [0.15, 0.2) is 0 Å². The average Bonchev–Trinajstić information content (AvgIpc) is 2.36. The highest BCUT2D eigenvalue weighted by molar-refractivity contribution is 5.92. The van der Waals surface area contributed by atoms with Crippen LogP contribution in [0.2, 0.25) is 0 Å². The van der Waals surface area contributed by atoms with Crippen molar-refractivity contribution in [3.63, 3.8) is 0 Å². The molecule has 1 aliphatic heterocycles. The SMILES string of the molecule is CC1CN(CC(C)(C)O)CCN1C(=O)c1cccc(=O)[nH]1. The lowest BCUT2D eigenvalue weighted by atomic mass is 10.1. The Balaban J connectivity index is 2.03. The number of carbonyl (C=O) groups excluding carboxylic acids is 1. The highest BCUT2D eigenvalue weighted by Crippen LogP contribution is 2.15. The average molecular weight is 293 g/mol. The molecule has 2 heterocycles. The molecule has 0 bridgehead atoms. The second kappa shape index (κ2) is 5.99. The van der Waals surface area contributed by atoms with Crippen LogP contribution in [0.5, 0.6) is 0 Å². The van der Waals surface area contributed by atoms with Crippen LogP contribution in [-0.2, 0) is 0 Å². The van der Waals surface area contributed by atoms with Gasteiger partial charge in [-0.05, 0) is 26.8 Å². The molecule has 0 aromatic carbocycles. The fraction of sp³-hybridized carbons (Fsp3) is 0.600. The van der Waals surface area contributed by atoms with E-state index in [2.05, 4.69) is 9.88 Å². The first-order valence-corrected chi connectivity index (χ1v) is 7.21. The summed E-state index contributed by atoms with van der Waals surface area (Å²) in [6.07, 6.45) is 0. The van der Waals surface area contributed by atoms with E-state index in [1.54, 1.807) is 30.9 Å². The predicted molar refractivity (Wildman–Crippen MR) is 80.3 cm³/mol. The lowest BCUT2D eigenvalue weighted by Crippen LogP contribution is -2.56. The lowest BCUT2D eigenvalue weighted by molar-refractivity contribution is 0.00560. The number of hydrogen-bond donors (Lipinski definition) is 2. The zero-order valence-corrected chi connectivity index (χ0v) is 12.8. The number of aromatic amines is 1. The number of nitrogens with one attached hydrogen (secondary N) is 1. The molecule has 21 heavy (non-hydrogen) atoms. The van der Waals surface area contributed by atoms with Gasteiger partial charge in [0.05, 0.1) is 5.60 Å². The predicted octanol–water partition coefficient (Wildman–Crippen LogP) is 0.292. The molecule has 6 heteroatoms. The summed E-state index contributed by atoms with van der Waals surface area (Å²) in [7, 11) is 0. The van der Waals surface area contributed by atoms with E-state index < -0.39 is 5.60 Å². The summed E-state index contributed by atoms with van der Waals surface area (Å²) < 4.78 is 0. The number of H-pyrrole nitrogens is 1. The van der Waals surface area contributed by atoms with E-state index in [1.165, 1.54) is 6.07 Å². The number of pyridine rings is 1. The molecule has 116 valence electrons. The molecule has 2 N–H and O–H groups in total. The summed E-state index contributed by atoms with van der Waals surface area (Å²) in [5.74, 6) is -0.150. The summed E-state index contributed by atoms with van der Waals surface area (Å²) in [5, 5.41) is 9.88. The van der Waals surface area contributed by atoms with Gasteiger partial charge in [-0.2, -0.15) is 0 Å². The first-order chi connectivity index (χ1) is 9.76. The molecular weight excluding hydrogens is 270 g/mol. The fourth-order valence-electron chi connectivity index (χ4n) is 2.75. The molecule has 1 saturated heterocycles. The molecule has 1 atom stereocenters. The Bertz CT molecular complexity index is 562. The van der Waals surface area contributed by atoms with Gasteiger partial charge in [0, 0.05) is 38.3 Å². The third kappa shape index (κ3) is 4.15. The standard InChI is InChI=1S/C15H23N3O3/c1-11-9-17(10-15(2,3)21)7-8-18(11)14(20)12-5-4-6-13(19)16-12/h4-6,11,21H,7-10H2,1-3H3,(H,16,19). The second-order valence-electron chi connectivity index (χ2n) is 6.32. The Kier molecular flexibility index (Phi) is 4.49. The topological polar surface area (TPSA) is 76.6 Å². The van der Waals surface area contributed by atoms with Crippen LogP contribution in [0.15, 0.2) is 23.0 Å². The minimum atomic E-state index is -0.740. The molecule has 1 aromatic heterocycles. The van der Waals surface area contributed by atoms with Gasteiger partial charge in [0.25, 0.3) is 5.91 Å². The summed E-state index contributed by atoms with van der Waals surface area (Å²) in [4.78, 5) is 30.2. The molecule has 1 aromatic rings. The highest BCUT2D eigenvalue weighted by Gasteiger charge is 2.30. The molecule has 0 radical (unpaired) electrons. The van der Waals surface area contributed by atoms with Crippen molar-refractivity contribution in [2.24, 2.45) is 0 Å². The number of hydrogen-bond acceptors (Lipinski definition) is 4. The van der Waals surface area contributed by atoms with E-state index in [9.17, 15) is 14.7 Å². The molecule has 1 fully saturated rings. The number of aliphatic hydroxyl groups is 1. The molecule has 1 amide bonds. The summed E-state index contributed by atoms with van der Waals surface area (Å²) in [6.45, 7) is 8.15. The van der Waals surface area contributed by atoms with Crippen LogP contribution in [0.3, 0.4) is 0 Å². The van der Waals surface area contributed by atoms with Gasteiger partial charge in [-0.15, -0.1) is 0 Å². The van der Waals surface area contributed by atoms with E-state index >= 15 is 0 Å². The maximum Gasteiger partial charge on any atom is 0.270 e. The van der Waals surface area contributed by atoms with Crippen molar-refractivity contribution in [3.8, 4) is 0 Å². The van der Waals surface area contributed by atoms with Gasteiger partial charge in [-0.3, -0.25) is 14.5 Å². The largest absolute Gasteiger partial charge is 0.389 e. The van der Waals surface area contributed by atoms with Crippen molar-refractivity contribution in [2.75, 3.05) is 26.2 Å². The zero-order valence-electron chi connectivity index (χ0n) is 12.8. The van der Waals surface area contributed by atoms with Crippen LogP contribution in [0.25, 0.3) is 0 Å². The maximum absolute atomic E-state index is 12.4. The van der Waals surface area contributed by atoms with Crippen LogP contribution in [0, 0.1) is 0 Å². The molecule has 1 unspecified atom stereocenters. The fourth-order valence-corrected chi connectivity index (χ4v) is 2.75. The van der Waals surface area contributed by atoms with Gasteiger partial charge in [-0.25, -0.2) is 0 Å². The van der Waals surface area contributed by atoms with Gasteiger partial charge in [-0.1, -0.05) is 6.07 Å². The third-order valence-corrected chi connectivity index (χ3v) is 3.58. The number of aromatic nitrogens is 1. The molecule has 0 spiro atoms. The van der Waals surface area contributed by atoms with Gasteiger partial charge >= 0.3 is 0 Å². The monoisotopic (exact) mass is 293 g/mol. The minimum absolute atomic E-state index is 0.0392. The van der Waals surface area contributed by atoms with Crippen LogP contribution < -0.4 is 5.56 Å². The Labute approximate surface area is 124 Å². The van der Waals surface area contributed by atoms with Crippen molar-refractivity contribution in [2.45, 2.75) is 32.4 Å². The van der Waals surface area contributed by atoms with E-state index in [1.807, 2.05) is 6.92 Å². The van der Waals surface area contributed by atoms with Gasteiger partial charge < -0.3 is 15.0 Å². The second-order valence-corrected chi connectivity index (χ2v) is 6.32. The number of nitrogens with zero attached hydrogens (tertiary/aromatic N) is 2. The molecule has 0 saturated carbocycles. The van der Waals surface area contributed by atoms with E-state index in [0.717, 1.165) is 6.54 Å². The molecule has 2 rings (SSSR count). The smallest absolute Gasteiger partial charge is 0.270 e. The molecule has 0 aliphatic carbocycles. The van der Waals surface area contributed by atoms with E-state index in [4.69, 9.17) is 0 Å². The normalized spacial score (nSPS) is 20.6. The summed E-state index contributed by atoms with van der Waals surface area (Å²) in [6, 6.07) is 4.64. The number of rotatable bonds is 3. The van der Waals surface area contributed by atoms with Crippen LogP contribution in [0.4, 0.5) is 0 Å². The van der Waals surface area contributed by atoms with Crippen molar-refractivity contribution in [3.05, 3.63) is 34.2 Å². The van der Waals surface area contributed by atoms with Crippen LogP contribution in [-0.4, -0.2) is 63.6 Å². The van der Waals surface area contributed by atoms with E-state index in [0.29, 0.717) is 25.3 Å². The number of piperazine rings is 1. The first kappa shape index (κ1) is 15.7. The summed E-state index contributed by atoms with van der Waals surface area (Å²) >= 11 is 0. The van der Waals surface area contributed by atoms with Crippen molar-refractivity contribution < 1.29 is 9.90 Å².